The highest BCUT2D eigenvalue weighted by Gasteiger charge is 2.16. The van der Waals surface area contributed by atoms with Gasteiger partial charge in [0.05, 0.1) is 11.6 Å². The summed E-state index contributed by atoms with van der Waals surface area (Å²) < 4.78 is 4.14. The quantitative estimate of drug-likeness (QED) is 0.599. The van der Waals surface area contributed by atoms with Gasteiger partial charge in [-0.15, -0.1) is 11.6 Å². The summed E-state index contributed by atoms with van der Waals surface area (Å²) in [6, 6.07) is 0. The Labute approximate surface area is 119 Å². The fourth-order valence-electron chi connectivity index (χ4n) is 2.54. The van der Waals surface area contributed by atoms with Gasteiger partial charge >= 0.3 is 0 Å². The maximum atomic E-state index is 6.02. The first-order valence-electron chi connectivity index (χ1n) is 6.99. The molecule has 0 radical (unpaired) electrons. The lowest BCUT2D eigenvalue weighted by molar-refractivity contribution is 0.506. The second-order valence-corrected chi connectivity index (χ2v) is 5.85. The van der Waals surface area contributed by atoms with E-state index in [0.717, 1.165) is 41.6 Å². The van der Waals surface area contributed by atoms with Crippen molar-refractivity contribution in [3.05, 3.63) is 11.5 Å². The van der Waals surface area contributed by atoms with E-state index in [2.05, 4.69) is 28.5 Å². The van der Waals surface area contributed by atoms with Crippen LogP contribution in [0.2, 0.25) is 0 Å². The van der Waals surface area contributed by atoms with E-state index in [0.29, 0.717) is 5.88 Å². The molecule has 2 heterocycles. The first kappa shape index (κ1) is 14.4. The first-order chi connectivity index (χ1) is 9.04. The molecule has 0 aliphatic carbocycles. The number of nitrogens with zero attached hydrogens (tertiary/aromatic N) is 4. The number of aromatic nitrogens is 4. The van der Waals surface area contributed by atoms with E-state index >= 15 is 0 Å². The van der Waals surface area contributed by atoms with E-state index in [1.54, 1.807) is 0 Å². The smallest absolute Gasteiger partial charge is 0.158 e. The van der Waals surface area contributed by atoms with Gasteiger partial charge in [-0.1, -0.05) is 26.7 Å². The highest BCUT2D eigenvalue weighted by atomic mass is 35.5. The van der Waals surface area contributed by atoms with E-state index in [-0.39, 0.29) is 0 Å². The Balaban J connectivity index is 2.20. The van der Waals surface area contributed by atoms with Gasteiger partial charge in [-0.3, -0.25) is 4.68 Å². The lowest BCUT2D eigenvalue weighted by atomic mass is 10.1. The van der Waals surface area contributed by atoms with Crippen LogP contribution >= 0.6 is 11.6 Å². The first-order valence-corrected chi connectivity index (χ1v) is 7.52. The van der Waals surface area contributed by atoms with Crippen molar-refractivity contribution in [2.75, 3.05) is 0 Å². The summed E-state index contributed by atoms with van der Waals surface area (Å²) in [4.78, 5) is 4.61. The van der Waals surface area contributed by atoms with E-state index in [1.807, 2.05) is 18.7 Å². The Hall–Kier alpha value is -1.03. The van der Waals surface area contributed by atoms with E-state index in [9.17, 15) is 0 Å². The zero-order valence-corrected chi connectivity index (χ0v) is 13.0. The van der Waals surface area contributed by atoms with Crippen molar-refractivity contribution in [2.45, 2.75) is 52.5 Å². The van der Waals surface area contributed by atoms with Crippen molar-refractivity contribution in [1.29, 1.82) is 0 Å². The minimum absolute atomic E-state index is 0.457. The number of imidazole rings is 1. The van der Waals surface area contributed by atoms with Crippen molar-refractivity contribution in [3.63, 3.8) is 0 Å². The predicted octanol–water partition coefficient (Wildman–Crippen LogP) is 3.64. The lowest BCUT2D eigenvalue weighted by Crippen LogP contribution is -2.07. The van der Waals surface area contributed by atoms with Crippen LogP contribution in [0.25, 0.3) is 11.2 Å². The van der Waals surface area contributed by atoms with Crippen LogP contribution in [-0.4, -0.2) is 19.3 Å². The van der Waals surface area contributed by atoms with Crippen molar-refractivity contribution >= 4 is 22.8 Å². The van der Waals surface area contributed by atoms with Crippen LogP contribution in [0.5, 0.6) is 0 Å². The monoisotopic (exact) mass is 282 g/mol. The fraction of sp³-hybridized carbons (Fsp3) is 0.714. The third kappa shape index (κ3) is 2.94. The van der Waals surface area contributed by atoms with E-state index in [4.69, 9.17) is 11.6 Å². The van der Waals surface area contributed by atoms with Gasteiger partial charge in [-0.2, -0.15) is 5.10 Å². The van der Waals surface area contributed by atoms with Crippen molar-refractivity contribution < 1.29 is 0 Å². The average molecular weight is 283 g/mol. The molecule has 4 nitrogen and oxygen atoms in total. The Morgan fingerprint density at radius 2 is 2.00 bits per heavy atom. The van der Waals surface area contributed by atoms with Gasteiger partial charge in [0, 0.05) is 13.6 Å². The van der Waals surface area contributed by atoms with Crippen LogP contribution in [-0.2, 0) is 19.5 Å². The van der Waals surface area contributed by atoms with Gasteiger partial charge in [0.2, 0.25) is 0 Å². The number of alkyl halides is 1. The Kier molecular flexibility index (Phi) is 4.50. The number of hydrogen-bond donors (Lipinski definition) is 0. The van der Waals surface area contributed by atoms with Crippen LogP contribution < -0.4 is 0 Å². The molecule has 2 aromatic rings. The lowest BCUT2D eigenvalue weighted by Gasteiger charge is -2.09. The summed E-state index contributed by atoms with van der Waals surface area (Å²) >= 11 is 6.02. The summed E-state index contributed by atoms with van der Waals surface area (Å²) in [7, 11) is 1.97. The molecule has 0 bridgehead atoms. The molecule has 5 heteroatoms. The van der Waals surface area contributed by atoms with Gasteiger partial charge in [0.15, 0.2) is 5.65 Å². The number of hydrogen-bond acceptors (Lipinski definition) is 2. The maximum Gasteiger partial charge on any atom is 0.158 e. The van der Waals surface area contributed by atoms with Gasteiger partial charge in [0.25, 0.3) is 0 Å². The molecule has 2 rings (SSSR count). The molecule has 19 heavy (non-hydrogen) atoms. The molecule has 2 aromatic heterocycles. The van der Waals surface area contributed by atoms with E-state index in [1.165, 1.54) is 12.8 Å². The standard InChI is InChI=1S/C14H23ClN4/c1-10(2)7-5-6-8-19-12(9-15)16-13-11(3)17-18(4)14(13)19/h10H,5-9H2,1-4H3. The number of aryl methyl sites for hydroxylation is 3. The second kappa shape index (κ2) is 5.95. The zero-order valence-electron chi connectivity index (χ0n) is 12.3. The maximum absolute atomic E-state index is 6.02. The Morgan fingerprint density at radius 1 is 1.26 bits per heavy atom. The van der Waals surface area contributed by atoms with Crippen LogP contribution in [0.15, 0.2) is 0 Å². The molecular formula is C14H23ClN4. The molecule has 0 N–H and O–H groups in total. The summed E-state index contributed by atoms with van der Waals surface area (Å²) in [6.45, 7) is 7.51. The summed E-state index contributed by atoms with van der Waals surface area (Å²) in [5.41, 5.74) is 3.06. The van der Waals surface area contributed by atoms with Crippen LogP contribution in [0.1, 0.15) is 44.6 Å². The summed E-state index contributed by atoms with van der Waals surface area (Å²) in [6.07, 6.45) is 3.69. The second-order valence-electron chi connectivity index (χ2n) is 5.58. The molecule has 106 valence electrons. The van der Waals surface area contributed by atoms with Crippen molar-refractivity contribution in [1.82, 2.24) is 19.3 Å². The molecule has 0 aliphatic heterocycles. The topological polar surface area (TPSA) is 35.6 Å². The molecule has 0 aliphatic rings. The van der Waals surface area contributed by atoms with Crippen LogP contribution in [0.3, 0.4) is 0 Å². The highest BCUT2D eigenvalue weighted by molar-refractivity contribution is 6.16. The molecule has 0 amide bonds. The third-order valence-corrected chi connectivity index (χ3v) is 3.74. The predicted molar refractivity (Wildman–Crippen MR) is 79.5 cm³/mol. The number of unbranched alkanes of at least 4 members (excludes halogenated alkanes) is 1. The number of rotatable bonds is 6. The summed E-state index contributed by atoms with van der Waals surface area (Å²) in [5, 5.41) is 4.43. The van der Waals surface area contributed by atoms with Gasteiger partial charge in [-0.25, -0.2) is 4.98 Å². The van der Waals surface area contributed by atoms with Crippen molar-refractivity contribution in [3.8, 4) is 0 Å². The largest absolute Gasteiger partial charge is 0.312 e. The molecule has 0 saturated heterocycles. The van der Waals surface area contributed by atoms with Crippen LogP contribution in [0, 0.1) is 12.8 Å². The van der Waals surface area contributed by atoms with Gasteiger partial charge < -0.3 is 4.57 Å². The molecule has 0 fully saturated rings. The van der Waals surface area contributed by atoms with Crippen molar-refractivity contribution in [2.24, 2.45) is 13.0 Å². The Bertz CT molecular complexity index is 553. The van der Waals surface area contributed by atoms with Gasteiger partial charge in [-0.05, 0) is 19.3 Å². The average Bonchev–Trinajstić information content (AvgIpc) is 2.84. The fourth-order valence-corrected chi connectivity index (χ4v) is 2.74. The Morgan fingerprint density at radius 3 is 2.63 bits per heavy atom. The van der Waals surface area contributed by atoms with Crippen LogP contribution in [0.4, 0.5) is 0 Å². The highest BCUT2D eigenvalue weighted by Crippen LogP contribution is 2.21. The minimum Gasteiger partial charge on any atom is -0.312 e. The minimum atomic E-state index is 0.457. The molecule has 0 atom stereocenters. The molecular weight excluding hydrogens is 260 g/mol. The number of halogens is 1. The summed E-state index contributed by atoms with van der Waals surface area (Å²) in [5.74, 6) is 2.18. The molecule has 0 saturated carbocycles. The molecule has 0 aromatic carbocycles. The third-order valence-electron chi connectivity index (χ3n) is 3.50. The van der Waals surface area contributed by atoms with E-state index < -0.39 is 0 Å². The zero-order chi connectivity index (χ0) is 14.0. The number of fused-ring (bicyclic) bond motifs is 1. The molecule has 0 unspecified atom stereocenters. The SMILES string of the molecule is Cc1nn(C)c2c1nc(CCl)n2CCCCC(C)C. The normalized spacial score (nSPS) is 11.9. The van der Waals surface area contributed by atoms with Gasteiger partial charge in [0.1, 0.15) is 11.3 Å². The molecule has 0 spiro atoms.